The topological polar surface area (TPSA) is 150 Å². The molecule has 162 valence electrons. The fourth-order valence-corrected chi connectivity index (χ4v) is 2.19. The monoisotopic (exact) mass is 421 g/mol. The van der Waals surface area contributed by atoms with Crippen LogP contribution in [0.25, 0.3) is 0 Å². The molecule has 1 aromatic heterocycles. The molecule has 1 aliphatic rings. The molecule has 1 fully saturated rings. The van der Waals surface area contributed by atoms with Crippen molar-refractivity contribution >= 4 is 35.5 Å². The predicted molar refractivity (Wildman–Crippen MR) is 106 cm³/mol. The Bertz CT molecular complexity index is 827. The maximum Gasteiger partial charge on any atom is 0.414 e. The Morgan fingerprint density at radius 1 is 1.17 bits per heavy atom. The fourth-order valence-electron chi connectivity index (χ4n) is 2.19. The third kappa shape index (κ3) is 6.83. The largest absolute Gasteiger partial charge is 0.445 e. The normalized spacial score (nSPS) is 16.8. The van der Waals surface area contributed by atoms with E-state index in [1.807, 2.05) is 0 Å². The highest BCUT2D eigenvalue weighted by atomic mass is 16.7. The minimum atomic E-state index is -0.895. The van der Waals surface area contributed by atoms with Crippen molar-refractivity contribution in [3.05, 3.63) is 31.5 Å². The molecule has 0 spiro atoms. The lowest BCUT2D eigenvalue weighted by Crippen LogP contribution is -2.32. The maximum absolute atomic E-state index is 12.5. The van der Waals surface area contributed by atoms with Gasteiger partial charge in [0.05, 0.1) is 12.8 Å². The summed E-state index contributed by atoms with van der Waals surface area (Å²) >= 11 is 0. The average Bonchev–Trinajstić information content (AvgIpc) is 3.06. The molecule has 12 nitrogen and oxygen atoms in total. The van der Waals surface area contributed by atoms with E-state index in [1.54, 1.807) is 13.8 Å². The quantitative estimate of drug-likeness (QED) is 0.536. The van der Waals surface area contributed by atoms with Gasteiger partial charge in [-0.1, -0.05) is 25.3 Å². The molecule has 1 saturated heterocycles. The van der Waals surface area contributed by atoms with E-state index in [0.29, 0.717) is 0 Å². The maximum atomic E-state index is 12.5. The summed E-state index contributed by atoms with van der Waals surface area (Å²) in [5.41, 5.74) is 0.0499. The fraction of sp³-hybridized carbons (Fsp3) is 0.389. The summed E-state index contributed by atoms with van der Waals surface area (Å²) in [6.07, 6.45) is 1.41. The number of nitrogens with one attached hydrogen (secondary N) is 3. The summed E-state index contributed by atoms with van der Waals surface area (Å²) in [5, 5.41) is 7.19. The molecule has 0 aromatic carbocycles. The van der Waals surface area contributed by atoms with Crippen molar-refractivity contribution in [1.82, 2.24) is 9.97 Å². The molecule has 0 saturated carbocycles. The second-order valence-corrected chi connectivity index (χ2v) is 6.29. The van der Waals surface area contributed by atoms with Crippen LogP contribution in [-0.2, 0) is 23.7 Å². The van der Waals surface area contributed by atoms with E-state index in [-0.39, 0.29) is 37.3 Å². The van der Waals surface area contributed by atoms with Crippen LogP contribution in [0.4, 0.5) is 27.0 Å². The van der Waals surface area contributed by atoms with E-state index < -0.39 is 30.0 Å². The van der Waals surface area contributed by atoms with Crippen LogP contribution in [0.3, 0.4) is 0 Å². The standard InChI is InChI=1S/C18H23N5O7/c1-5-7-27-16(25)22-13-11(20-14(24)12-10-29-18(3,4)30-12)9-19-15(21-13)23-17(26)28-8-6-2/h5-6,9,12H,1-2,7-8,10H2,3-4H3,(H,20,24)(H2,19,21,22,23,25,26)/t12-/m1/s1. The number of amides is 3. The first-order valence-corrected chi connectivity index (χ1v) is 8.83. The van der Waals surface area contributed by atoms with Crippen molar-refractivity contribution in [2.24, 2.45) is 0 Å². The molecule has 1 atom stereocenters. The first kappa shape index (κ1) is 22.8. The Balaban J connectivity index is 2.16. The van der Waals surface area contributed by atoms with E-state index in [1.165, 1.54) is 18.3 Å². The summed E-state index contributed by atoms with van der Waals surface area (Å²) in [7, 11) is 0. The Kier molecular flexibility index (Phi) is 7.83. The minimum absolute atomic E-state index is 0.0151. The summed E-state index contributed by atoms with van der Waals surface area (Å²) in [6.45, 7) is 10.2. The third-order valence-corrected chi connectivity index (χ3v) is 3.45. The molecular weight excluding hydrogens is 398 g/mol. The first-order valence-electron chi connectivity index (χ1n) is 8.83. The van der Waals surface area contributed by atoms with Crippen LogP contribution in [0.5, 0.6) is 0 Å². The van der Waals surface area contributed by atoms with Gasteiger partial charge >= 0.3 is 12.2 Å². The van der Waals surface area contributed by atoms with Crippen molar-refractivity contribution in [3.63, 3.8) is 0 Å². The number of hydrogen-bond acceptors (Lipinski definition) is 9. The van der Waals surface area contributed by atoms with Crippen LogP contribution >= 0.6 is 0 Å². The highest BCUT2D eigenvalue weighted by Crippen LogP contribution is 2.25. The number of rotatable bonds is 8. The van der Waals surface area contributed by atoms with Gasteiger partial charge in [-0.2, -0.15) is 4.98 Å². The molecule has 0 unspecified atom stereocenters. The third-order valence-electron chi connectivity index (χ3n) is 3.45. The minimum Gasteiger partial charge on any atom is -0.445 e. The van der Waals surface area contributed by atoms with Gasteiger partial charge in [0.1, 0.15) is 18.9 Å². The Morgan fingerprint density at radius 2 is 1.80 bits per heavy atom. The number of anilines is 3. The van der Waals surface area contributed by atoms with Crippen molar-refractivity contribution in [2.75, 3.05) is 35.8 Å². The van der Waals surface area contributed by atoms with Crippen LogP contribution in [-0.4, -0.2) is 59.8 Å². The van der Waals surface area contributed by atoms with Crippen LogP contribution < -0.4 is 16.0 Å². The van der Waals surface area contributed by atoms with E-state index in [9.17, 15) is 14.4 Å². The number of aromatic nitrogens is 2. The van der Waals surface area contributed by atoms with Gasteiger partial charge in [-0.05, 0) is 13.8 Å². The van der Waals surface area contributed by atoms with Crippen molar-refractivity contribution in [3.8, 4) is 0 Å². The van der Waals surface area contributed by atoms with Crippen molar-refractivity contribution in [2.45, 2.75) is 25.7 Å². The van der Waals surface area contributed by atoms with Crippen molar-refractivity contribution in [1.29, 1.82) is 0 Å². The molecule has 3 N–H and O–H groups in total. The summed E-state index contributed by atoms with van der Waals surface area (Å²) < 4.78 is 20.5. The van der Waals surface area contributed by atoms with Gasteiger partial charge in [-0.15, -0.1) is 0 Å². The summed E-state index contributed by atoms with van der Waals surface area (Å²) in [5.74, 6) is -1.72. The number of carbonyl (C=O) groups excluding carboxylic acids is 3. The van der Waals surface area contributed by atoms with Crippen LogP contribution in [0, 0.1) is 0 Å². The molecule has 0 aliphatic carbocycles. The van der Waals surface area contributed by atoms with E-state index in [0.717, 1.165) is 0 Å². The van der Waals surface area contributed by atoms with Gasteiger partial charge in [-0.3, -0.25) is 15.4 Å². The molecule has 12 heteroatoms. The van der Waals surface area contributed by atoms with Gasteiger partial charge in [-0.25, -0.2) is 14.6 Å². The molecule has 2 rings (SSSR count). The number of ether oxygens (including phenoxy) is 4. The summed E-state index contributed by atoms with van der Waals surface area (Å²) in [6, 6.07) is 0. The van der Waals surface area contributed by atoms with Gasteiger partial charge in [0.25, 0.3) is 5.91 Å². The SMILES string of the molecule is C=CCOC(=O)Nc1ncc(NC(=O)[C@H]2COC(C)(C)O2)c(NC(=O)OCC=C)n1. The van der Waals surface area contributed by atoms with Crippen LogP contribution in [0.1, 0.15) is 13.8 Å². The van der Waals surface area contributed by atoms with Crippen LogP contribution in [0.15, 0.2) is 31.5 Å². The molecule has 30 heavy (non-hydrogen) atoms. The predicted octanol–water partition coefficient (Wildman–Crippen LogP) is 2.04. The number of nitrogens with zero attached hydrogens (tertiary/aromatic N) is 2. The lowest BCUT2D eigenvalue weighted by atomic mass is 10.3. The molecule has 0 radical (unpaired) electrons. The first-order chi connectivity index (χ1) is 14.2. The Hall–Kier alpha value is -3.51. The van der Waals surface area contributed by atoms with E-state index in [2.05, 4.69) is 39.1 Å². The van der Waals surface area contributed by atoms with E-state index in [4.69, 9.17) is 18.9 Å². The zero-order chi connectivity index (χ0) is 22.1. The highest BCUT2D eigenvalue weighted by Gasteiger charge is 2.37. The molecule has 3 amide bonds. The summed E-state index contributed by atoms with van der Waals surface area (Å²) in [4.78, 5) is 44.0. The number of hydrogen-bond donors (Lipinski definition) is 3. The van der Waals surface area contributed by atoms with Gasteiger partial charge in [0, 0.05) is 0 Å². The molecule has 1 aromatic rings. The lowest BCUT2D eigenvalue weighted by molar-refractivity contribution is -0.150. The Morgan fingerprint density at radius 3 is 2.37 bits per heavy atom. The molecular formula is C18H23N5O7. The second-order valence-electron chi connectivity index (χ2n) is 6.29. The zero-order valence-electron chi connectivity index (χ0n) is 16.6. The Labute approximate surface area is 172 Å². The number of carbonyl (C=O) groups is 3. The zero-order valence-corrected chi connectivity index (χ0v) is 16.6. The molecule has 1 aliphatic heterocycles. The second kappa shape index (κ2) is 10.3. The van der Waals surface area contributed by atoms with Gasteiger partial charge in [0.15, 0.2) is 17.7 Å². The lowest BCUT2D eigenvalue weighted by Gasteiger charge is -2.17. The van der Waals surface area contributed by atoms with E-state index >= 15 is 0 Å². The molecule has 2 heterocycles. The van der Waals surface area contributed by atoms with Crippen molar-refractivity contribution < 1.29 is 33.3 Å². The smallest absolute Gasteiger partial charge is 0.414 e. The average molecular weight is 421 g/mol. The van der Waals surface area contributed by atoms with Crippen LogP contribution in [0.2, 0.25) is 0 Å². The van der Waals surface area contributed by atoms with Gasteiger partial charge < -0.3 is 24.3 Å². The molecule has 0 bridgehead atoms. The van der Waals surface area contributed by atoms with Gasteiger partial charge in [0.2, 0.25) is 5.95 Å². The highest BCUT2D eigenvalue weighted by molar-refractivity contribution is 5.99.